The summed E-state index contributed by atoms with van der Waals surface area (Å²) in [6.45, 7) is 0.667. The van der Waals surface area contributed by atoms with Crippen LogP contribution in [0.1, 0.15) is 24.2 Å². The van der Waals surface area contributed by atoms with Gasteiger partial charge in [-0.1, -0.05) is 18.2 Å². The van der Waals surface area contributed by atoms with Crippen LogP contribution in [0.3, 0.4) is 0 Å². The van der Waals surface area contributed by atoms with E-state index in [0.29, 0.717) is 23.4 Å². The fraction of sp³-hybridized carbons (Fsp3) is 0.360. The second kappa shape index (κ2) is 9.53. The molecule has 1 N–H and O–H groups in total. The molecule has 8 nitrogen and oxygen atoms in total. The van der Waals surface area contributed by atoms with Crippen LogP contribution in [0.25, 0.3) is 11.0 Å². The van der Waals surface area contributed by atoms with E-state index in [1.165, 1.54) is 48.3 Å². The highest BCUT2D eigenvalue weighted by Crippen LogP contribution is 2.41. The number of likely N-dealkylation sites (N-methyl/N-ethyl adjacent to an activating group) is 1. The average Bonchev–Trinajstić information content (AvgIpc) is 3.29. The van der Waals surface area contributed by atoms with Crippen LogP contribution < -0.4 is 0 Å². The van der Waals surface area contributed by atoms with Gasteiger partial charge in [0.05, 0.1) is 23.0 Å². The van der Waals surface area contributed by atoms with E-state index in [1.54, 1.807) is 6.07 Å². The summed E-state index contributed by atoms with van der Waals surface area (Å²) in [5.41, 5.74) is -0.543. The van der Waals surface area contributed by atoms with Gasteiger partial charge in [0.25, 0.3) is 0 Å². The van der Waals surface area contributed by atoms with E-state index in [1.807, 2.05) is 19.0 Å². The topological polar surface area (TPSA) is 89.6 Å². The molecular formula is C25H27F2N5O3. The maximum absolute atomic E-state index is 14.9. The van der Waals surface area contributed by atoms with Crippen LogP contribution in [0.15, 0.2) is 42.5 Å². The summed E-state index contributed by atoms with van der Waals surface area (Å²) in [4.78, 5) is 51.4. The third-order valence-corrected chi connectivity index (χ3v) is 6.33. The largest absolute Gasteiger partial charge is 0.340 e. The molecule has 3 aromatic rings. The Morgan fingerprint density at radius 3 is 2.60 bits per heavy atom. The lowest BCUT2D eigenvalue weighted by atomic mass is 9.75. The van der Waals surface area contributed by atoms with Gasteiger partial charge in [-0.15, -0.1) is 0 Å². The fourth-order valence-electron chi connectivity index (χ4n) is 4.44. The molecule has 1 aromatic heterocycles. The Kier molecular flexibility index (Phi) is 6.66. The van der Waals surface area contributed by atoms with E-state index in [0.717, 1.165) is 4.90 Å². The van der Waals surface area contributed by atoms with Crippen LogP contribution in [0.2, 0.25) is 0 Å². The Hall–Kier alpha value is -3.66. The standard InChI is InChI=1S/C25H27F2N5O3/c1-30(2)10-11-32-23(34)14-25(24(32)35,17-6-4-5-7-18(17)27)13-22(33)31(3)15-21-28-19-9-8-16(26)12-20(19)29-21/h4-9,12H,10-11,13-15H2,1-3H3,(H,28,29). The minimum atomic E-state index is -1.63. The van der Waals surface area contributed by atoms with E-state index < -0.39 is 34.8 Å². The van der Waals surface area contributed by atoms with E-state index >= 15 is 0 Å². The number of fused-ring (bicyclic) bond motifs is 1. The number of likely N-dealkylation sites (tertiary alicyclic amines) is 1. The first-order valence-electron chi connectivity index (χ1n) is 11.2. The summed E-state index contributed by atoms with van der Waals surface area (Å²) in [7, 11) is 5.18. The first-order chi connectivity index (χ1) is 16.6. The van der Waals surface area contributed by atoms with E-state index in [4.69, 9.17) is 0 Å². The van der Waals surface area contributed by atoms with Crippen molar-refractivity contribution in [3.8, 4) is 0 Å². The predicted octanol–water partition coefficient (Wildman–Crippen LogP) is 2.45. The number of amides is 3. The molecule has 2 heterocycles. The molecule has 1 atom stereocenters. The van der Waals surface area contributed by atoms with Crippen LogP contribution in [0.5, 0.6) is 0 Å². The van der Waals surface area contributed by atoms with Gasteiger partial charge < -0.3 is 14.8 Å². The zero-order chi connectivity index (χ0) is 25.3. The quantitative estimate of drug-likeness (QED) is 0.497. The van der Waals surface area contributed by atoms with Crippen molar-refractivity contribution < 1.29 is 23.2 Å². The second-order valence-corrected chi connectivity index (χ2v) is 9.16. The summed E-state index contributed by atoms with van der Waals surface area (Å²) in [5.74, 6) is -2.08. The number of nitrogens with zero attached hydrogens (tertiary/aromatic N) is 4. The first-order valence-corrected chi connectivity index (χ1v) is 11.2. The minimum absolute atomic E-state index is 0.0339. The number of halogens is 2. The van der Waals surface area contributed by atoms with Gasteiger partial charge >= 0.3 is 0 Å². The first kappa shape index (κ1) is 24.5. The van der Waals surface area contributed by atoms with Crippen molar-refractivity contribution in [1.29, 1.82) is 0 Å². The Morgan fingerprint density at radius 2 is 1.89 bits per heavy atom. The molecule has 0 aliphatic carbocycles. The van der Waals surface area contributed by atoms with Crippen LogP contribution in [0, 0.1) is 11.6 Å². The molecule has 184 valence electrons. The average molecular weight is 484 g/mol. The van der Waals surface area contributed by atoms with E-state index in [-0.39, 0.29) is 31.5 Å². The van der Waals surface area contributed by atoms with Crippen LogP contribution in [-0.2, 0) is 26.3 Å². The SMILES string of the molecule is CN(C)CCN1C(=O)CC(CC(=O)N(C)Cc2nc3ccc(F)cc3[nH]2)(c2ccccc2F)C1=O. The number of carbonyl (C=O) groups excluding carboxylic acids is 3. The summed E-state index contributed by atoms with van der Waals surface area (Å²) in [5, 5.41) is 0. The van der Waals surface area contributed by atoms with Gasteiger partial charge in [-0.2, -0.15) is 0 Å². The maximum Gasteiger partial charge on any atom is 0.241 e. The Morgan fingerprint density at radius 1 is 1.14 bits per heavy atom. The molecule has 35 heavy (non-hydrogen) atoms. The number of H-pyrrole nitrogens is 1. The molecular weight excluding hydrogens is 456 g/mol. The molecule has 0 bridgehead atoms. The fourth-order valence-corrected chi connectivity index (χ4v) is 4.44. The second-order valence-electron chi connectivity index (χ2n) is 9.16. The van der Waals surface area contributed by atoms with Gasteiger partial charge in [0.1, 0.15) is 17.5 Å². The van der Waals surface area contributed by atoms with Crippen LogP contribution >= 0.6 is 0 Å². The summed E-state index contributed by atoms with van der Waals surface area (Å²) < 4.78 is 28.4. The molecule has 1 unspecified atom stereocenters. The minimum Gasteiger partial charge on any atom is -0.340 e. The number of aromatic amines is 1. The van der Waals surface area contributed by atoms with E-state index in [9.17, 15) is 23.2 Å². The van der Waals surface area contributed by atoms with Gasteiger partial charge in [0, 0.05) is 38.5 Å². The van der Waals surface area contributed by atoms with Gasteiger partial charge in [-0.25, -0.2) is 13.8 Å². The normalized spacial score (nSPS) is 18.2. The number of hydrogen-bond acceptors (Lipinski definition) is 5. The van der Waals surface area contributed by atoms with Crippen molar-refractivity contribution in [3.05, 3.63) is 65.5 Å². The number of imidazole rings is 1. The van der Waals surface area contributed by atoms with Crippen molar-refractivity contribution in [2.24, 2.45) is 0 Å². The van der Waals surface area contributed by atoms with Crippen molar-refractivity contribution in [2.45, 2.75) is 24.8 Å². The van der Waals surface area contributed by atoms with Gasteiger partial charge in [-0.3, -0.25) is 19.3 Å². The lowest BCUT2D eigenvalue weighted by Gasteiger charge is -2.29. The highest BCUT2D eigenvalue weighted by molar-refractivity contribution is 6.10. The van der Waals surface area contributed by atoms with Crippen molar-refractivity contribution in [1.82, 2.24) is 24.7 Å². The summed E-state index contributed by atoms with van der Waals surface area (Å²) in [6, 6.07) is 9.90. The molecule has 3 amide bonds. The molecule has 0 radical (unpaired) electrons. The molecule has 0 spiro atoms. The summed E-state index contributed by atoms with van der Waals surface area (Å²) in [6.07, 6.45) is -0.661. The van der Waals surface area contributed by atoms with Crippen molar-refractivity contribution >= 4 is 28.8 Å². The number of rotatable bonds is 8. The number of benzene rings is 2. The van der Waals surface area contributed by atoms with Crippen LogP contribution in [-0.4, -0.2) is 76.6 Å². The predicted molar refractivity (Wildman–Crippen MR) is 125 cm³/mol. The molecule has 4 rings (SSSR count). The summed E-state index contributed by atoms with van der Waals surface area (Å²) >= 11 is 0. The van der Waals surface area contributed by atoms with Crippen molar-refractivity contribution in [3.63, 3.8) is 0 Å². The Balaban J connectivity index is 1.60. The Labute approximate surface area is 201 Å². The molecule has 1 aliphatic heterocycles. The third kappa shape index (κ3) is 4.79. The third-order valence-electron chi connectivity index (χ3n) is 6.33. The highest BCUT2D eigenvalue weighted by Gasteiger charge is 2.54. The number of carbonyl (C=O) groups is 3. The van der Waals surface area contributed by atoms with Crippen molar-refractivity contribution in [2.75, 3.05) is 34.2 Å². The number of aromatic nitrogens is 2. The Bertz CT molecular complexity index is 1290. The molecule has 10 heteroatoms. The van der Waals surface area contributed by atoms with E-state index in [2.05, 4.69) is 9.97 Å². The van der Waals surface area contributed by atoms with Gasteiger partial charge in [-0.05, 0) is 38.4 Å². The highest BCUT2D eigenvalue weighted by atomic mass is 19.1. The molecule has 1 aliphatic rings. The molecule has 1 fully saturated rings. The van der Waals surface area contributed by atoms with Crippen LogP contribution in [0.4, 0.5) is 8.78 Å². The number of imide groups is 1. The van der Waals surface area contributed by atoms with Gasteiger partial charge in [0.15, 0.2) is 0 Å². The van der Waals surface area contributed by atoms with Gasteiger partial charge in [0.2, 0.25) is 17.7 Å². The molecule has 2 aromatic carbocycles. The lowest BCUT2D eigenvalue weighted by molar-refractivity contribution is -0.142. The number of nitrogens with one attached hydrogen (secondary N) is 1. The monoisotopic (exact) mass is 483 g/mol. The zero-order valence-electron chi connectivity index (χ0n) is 19.8. The maximum atomic E-state index is 14.9. The molecule has 0 saturated carbocycles. The lowest BCUT2D eigenvalue weighted by Crippen LogP contribution is -2.44. The zero-order valence-corrected chi connectivity index (χ0v) is 19.8. The number of hydrogen-bond donors (Lipinski definition) is 1. The smallest absolute Gasteiger partial charge is 0.241 e. The molecule has 1 saturated heterocycles.